The van der Waals surface area contributed by atoms with Crippen molar-refractivity contribution in [1.82, 2.24) is 5.32 Å². The maximum Gasteiger partial charge on any atom is 0.0945 e. The van der Waals surface area contributed by atoms with Crippen LogP contribution >= 0.6 is 0 Å². The molecule has 1 aromatic carbocycles. The van der Waals surface area contributed by atoms with Crippen LogP contribution in [0.5, 0.6) is 0 Å². The number of aliphatic hydroxyl groups excluding tert-OH is 2. The van der Waals surface area contributed by atoms with E-state index in [2.05, 4.69) is 33.0 Å². The Morgan fingerprint density at radius 1 is 1.15 bits per heavy atom. The third kappa shape index (κ3) is 4.30. The van der Waals surface area contributed by atoms with E-state index in [1.807, 2.05) is 32.0 Å². The first kappa shape index (κ1) is 17.2. The van der Waals surface area contributed by atoms with Crippen LogP contribution in [0.15, 0.2) is 18.2 Å². The first-order valence-electron chi connectivity index (χ1n) is 7.31. The lowest BCUT2D eigenvalue weighted by molar-refractivity contribution is 0.0712. The van der Waals surface area contributed by atoms with Crippen molar-refractivity contribution in [2.24, 2.45) is 5.92 Å². The van der Waals surface area contributed by atoms with E-state index in [-0.39, 0.29) is 18.6 Å². The van der Waals surface area contributed by atoms with E-state index in [4.69, 9.17) is 0 Å². The van der Waals surface area contributed by atoms with Crippen molar-refractivity contribution in [3.63, 3.8) is 0 Å². The Morgan fingerprint density at radius 2 is 1.75 bits per heavy atom. The molecule has 0 saturated carbocycles. The van der Waals surface area contributed by atoms with E-state index in [1.54, 1.807) is 0 Å². The van der Waals surface area contributed by atoms with Gasteiger partial charge in [0.15, 0.2) is 0 Å². The van der Waals surface area contributed by atoms with Crippen LogP contribution < -0.4 is 5.32 Å². The molecule has 0 bridgehead atoms. The van der Waals surface area contributed by atoms with Crippen LogP contribution in [0, 0.1) is 19.8 Å². The molecule has 2 atom stereocenters. The summed E-state index contributed by atoms with van der Waals surface area (Å²) in [4.78, 5) is 0. The number of aryl methyl sites for hydroxylation is 2. The highest BCUT2D eigenvalue weighted by Gasteiger charge is 2.29. The summed E-state index contributed by atoms with van der Waals surface area (Å²) in [6, 6.07) is 5.97. The van der Waals surface area contributed by atoms with E-state index in [0.717, 1.165) is 5.56 Å². The van der Waals surface area contributed by atoms with Crippen molar-refractivity contribution in [2.75, 3.05) is 6.61 Å². The van der Waals surface area contributed by atoms with E-state index >= 15 is 0 Å². The lowest BCUT2D eigenvalue weighted by Crippen LogP contribution is -2.52. The molecule has 3 N–H and O–H groups in total. The Balaban J connectivity index is 2.99. The molecule has 0 aliphatic carbocycles. The van der Waals surface area contributed by atoms with Gasteiger partial charge in [0, 0.05) is 11.6 Å². The molecule has 0 saturated heterocycles. The molecule has 0 spiro atoms. The summed E-state index contributed by atoms with van der Waals surface area (Å²) in [6.07, 6.45) is -0.583. The number of nitrogens with one attached hydrogen (secondary N) is 1. The first-order chi connectivity index (χ1) is 9.18. The van der Waals surface area contributed by atoms with Crippen LogP contribution in [0.1, 0.15) is 50.5 Å². The molecular formula is C17H29NO2. The largest absolute Gasteiger partial charge is 0.394 e. The minimum atomic E-state index is -0.583. The predicted molar refractivity (Wildman–Crippen MR) is 83.8 cm³/mol. The van der Waals surface area contributed by atoms with Crippen LogP contribution in [0.4, 0.5) is 0 Å². The van der Waals surface area contributed by atoms with E-state index in [9.17, 15) is 10.2 Å². The third-order valence-corrected chi connectivity index (χ3v) is 3.88. The molecule has 1 aromatic rings. The summed E-state index contributed by atoms with van der Waals surface area (Å²) in [6.45, 7) is 12.2. The summed E-state index contributed by atoms with van der Waals surface area (Å²) >= 11 is 0. The van der Waals surface area contributed by atoms with Crippen LogP contribution in [0.2, 0.25) is 0 Å². The quantitative estimate of drug-likeness (QED) is 0.750. The summed E-state index contributed by atoms with van der Waals surface area (Å²) in [7, 11) is 0. The molecule has 1 rings (SSSR count). The van der Waals surface area contributed by atoms with Gasteiger partial charge in [0.1, 0.15) is 0 Å². The minimum absolute atomic E-state index is 0.0376. The number of hydrogen-bond acceptors (Lipinski definition) is 3. The van der Waals surface area contributed by atoms with Gasteiger partial charge in [0.05, 0.1) is 12.7 Å². The van der Waals surface area contributed by atoms with Gasteiger partial charge in [-0.1, -0.05) is 32.0 Å². The summed E-state index contributed by atoms with van der Waals surface area (Å²) in [5, 5.41) is 23.5. The van der Waals surface area contributed by atoms with Gasteiger partial charge in [-0.05, 0) is 50.3 Å². The number of aliphatic hydroxyl groups is 2. The summed E-state index contributed by atoms with van der Waals surface area (Å²) in [5.74, 6) is 0.262. The van der Waals surface area contributed by atoms with Crippen LogP contribution in [0.3, 0.4) is 0 Å². The predicted octanol–water partition coefficient (Wildman–Crippen LogP) is 2.72. The smallest absolute Gasteiger partial charge is 0.0945 e. The Kier molecular flexibility index (Phi) is 5.75. The summed E-state index contributed by atoms with van der Waals surface area (Å²) < 4.78 is 0. The Morgan fingerprint density at radius 3 is 2.20 bits per heavy atom. The summed E-state index contributed by atoms with van der Waals surface area (Å²) in [5.41, 5.74) is 2.93. The topological polar surface area (TPSA) is 52.5 Å². The fraction of sp³-hybridized carbons (Fsp3) is 0.647. The molecule has 0 amide bonds. The van der Waals surface area contributed by atoms with Gasteiger partial charge in [0.25, 0.3) is 0 Å². The maximum absolute atomic E-state index is 10.7. The zero-order valence-corrected chi connectivity index (χ0v) is 13.6. The maximum atomic E-state index is 10.7. The number of rotatable bonds is 6. The van der Waals surface area contributed by atoms with Crippen molar-refractivity contribution < 1.29 is 10.2 Å². The van der Waals surface area contributed by atoms with Gasteiger partial charge >= 0.3 is 0 Å². The van der Waals surface area contributed by atoms with Crippen molar-refractivity contribution in [2.45, 2.75) is 59.2 Å². The second-order valence-corrected chi connectivity index (χ2v) is 6.74. The van der Waals surface area contributed by atoms with Crippen LogP contribution in [-0.4, -0.2) is 28.4 Å². The zero-order chi connectivity index (χ0) is 15.5. The molecular weight excluding hydrogens is 250 g/mol. The van der Waals surface area contributed by atoms with Gasteiger partial charge in [-0.25, -0.2) is 0 Å². The first-order valence-corrected chi connectivity index (χ1v) is 7.31. The molecule has 0 aliphatic rings. The van der Waals surface area contributed by atoms with E-state index in [1.165, 1.54) is 11.1 Å². The molecule has 0 heterocycles. The van der Waals surface area contributed by atoms with Gasteiger partial charge in [0.2, 0.25) is 0 Å². The fourth-order valence-electron chi connectivity index (χ4n) is 2.26. The van der Waals surface area contributed by atoms with Crippen LogP contribution in [0.25, 0.3) is 0 Å². The van der Waals surface area contributed by atoms with E-state index < -0.39 is 11.6 Å². The minimum Gasteiger partial charge on any atom is -0.394 e. The second kappa shape index (κ2) is 6.70. The molecule has 0 aliphatic heterocycles. The SMILES string of the molecule is Cc1ccc(C(O)C(NC(C)(C)CO)C(C)C)cc1C. The van der Waals surface area contributed by atoms with Gasteiger partial charge in [-0.2, -0.15) is 0 Å². The molecule has 2 unspecified atom stereocenters. The Labute approximate surface area is 123 Å². The van der Waals surface area contributed by atoms with Gasteiger partial charge < -0.3 is 15.5 Å². The highest BCUT2D eigenvalue weighted by atomic mass is 16.3. The van der Waals surface area contributed by atoms with Gasteiger partial charge in [-0.3, -0.25) is 0 Å². The Hall–Kier alpha value is -0.900. The lowest BCUT2D eigenvalue weighted by Gasteiger charge is -2.35. The van der Waals surface area contributed by atoms with Crippen molar-refractivity contribution >= 4 is 0 Å². The highest BCUT2D eigenvalue weighted by molar-refractivity contribution is 5.31. The molecule has 0 radical (unpaired) electrons. The van der Waals surface area contributed by atoms with Gasteiger partial charge in [-0.15, -0.1) is 0 Å². The van der Waals surface area contributed by atoms with Crippen molar-refractivity contribution in [3.05, 3.63) is 34.9 Å². The standard InChI is InChI=1S/C17H29NO2/c1-11(2)15(18-17(5,6)10-19)16(20)14-8-7-12(3)13(4)9-14/h7-9,11,15-16,18-20H,10H2,1-6H3. The highest BCUT2D eigenvalue weighted by Crippen LogP contribution is 2.25. The molecule has 3 nitrogen and oxygen atoms in total. The number of hydrogen-bond donors (Lipinski definition) is 3. The second-order valence-electron chi connectivity index (χ2n) is 6.74. The third-order valence-electron chi connectivity index (χ3n) is 3.88. The molecule has 0 fully saturated rings. The molecule has 3 heteroatoms. The average molecular weight is 279 g/mol. The molecule has 114 valence electrons. The average Bonchev–Trinajstić information content (AvgIpc) is 2.38. The molecule has 20 heavy (non-hydrogen) atoms. The van der Waals surface area contributed by atoms with Crippen molar-refractivity contribution in [3.8, 4) is 0 Å². The molecule has 0 aromatic heterocycles. The normalized spacial score (nSPS) is 15.4. The van der Waals surface area contributed by atoms with Crippen molar-refractivity contribution in [1.29, 1.82) is 0 Å². The van der Waals surface area contributed by atoms with Crippen LogP contribution in [-0.2, 0) is 0 Å². The number of benzene rings is 1. The van der Waals surface area contributed by atoms with E-state index in [0.29, 0.717) is 0 Å². The zero-order valence-electron chi connectivity index (χ0n) is 13.6. The fourth-order valence-corrected chi connectivity index (χ4v) is 2.26. The lowest BCUT2D eigenvalue weighted by atomic mass is 9.89. The monoisotopic (exact) mass is 279 g/mol. The Bertz CT molecular complexity index is 441.